The van der Waals surface area contributed by atoms with Gasteiger partial charge in [0.2, 0.25) is 5.82 Å². The number of halogens is 3. The first-order valence-corrected chi connectivity index (χ1v) is 9.34. The Labute approximate surface area is 158 Å². The maximum Gasteiger partial charge on any atom is 0.417 e. The number of nitrogens with one attached hydrogen (secondary N) is 1. The molecule has 28 heavy (non-hydrogen) atoms. The summed E-state index contributed by atoms with van der Waals surface area (Å²) < 4.78 is 65.7. The van der Waals surface area contributed by atoms with Crippen LogP contribution in [0, 0.1) is 0 Å². The van der Waals surface area contributed by atoms with E-state index in [0.717, 1.165) is 15.9 Å². The maximum atomic E-state index is 13.5. The zero-order valence-corrected chi connectivity index (χ0v) is 15.5. The van der Waals surface area contributed by atoms with Crippen molar-refractivity contribution >= 4 is 15.7 Å². The smallest absolute Gasteiger partial charge is 0.297 e. The van der Waals surface area contributed by atoms with Gasteiger partial charge in [0.05, 0.1) is 28.8 Å². The first kappa shape index (κ1) is 19.8. The predicted molar refractivity (Wildman–Crippen MR) is 94.4 cm³/mol. The molecule has 0 atom stereocenters. The van der Waals surface area contributed by atoms with Crippen LogP contribution in [0.1, 0.15) is 5.56 Å². The predicted octanol–water partition coefficient (Wildman–Crippen LogP) is 2.23. The fourth-order valence-corrected chi connectivity index (χ4v) is 3.64. The second-order valence-corrected chi connectivity index (χ2v) is 7.43. The van der Waals surface area contributed by atoms with E-state index >= 15 is 0 Å². The zero-order chi connectivity index (χ0) is 20.5. The van der Waals surface area contributed by atoms with Crippen LogP contribution >= 0.6 is 0 Å². The first-order chi connectivity index (χ1) is 13.1. The number of benzene rings is 2. The molecule has 0 aliphatic heterocycles. The summed E-state index contributed by atoms with van der Waals surface area (Å²) in [5.41, 5.74) is -1.48. The lowest BCUT2D eigenvalue weighted by atomic mass is 10.0. The molecule has 148 valence electrons. The van der Waals surface area contributed by atoms with Gasteiger partial charge in [0, 0.05) is 7.05 Å². The molecular weight excluding hydrogens is 397 g/mol. The normalized spacial score (nSPS) is 12.2. The van der Waals surface area contributed by atoms with Crippen LogP contribution in [0.5, 0.6) is 0 Å². The van der Waals surface area contributed by atoms with Crippen molar-refractivity contribution in [2.75, 3.05) is 12.1 Å². The molecule has 0 saturated carbocycles. The lowest BCUT2D eigenvalue weighted by Gasteiger charge is -2.24. The quantitative estimate of drug-likeness (QED) is 0.646. The van der Waals surface area contributed by atoms with Crippen LogP contribution in [0.25, 0.3) is 11.4 Å². The molecule has 0 saturated heterocycles. The SMILES string of the molecule is CN(NS(=O)(=O)c1ccccc1)c1cccc(C(F)(F)F)c1-c1nnn(C)n1. The van der Waals surface area contributed by atoms with Crippen LogP contribution in [0.2, 0.25) is 0 Å². The maximum absolute atomic E-state index is 13.5. The van der Waals surface area contributed by atoms with Crippen LogP contribution in [0.15, 0.2) is 53.4 Å². The summed E-state index contributed by atoms with van der Waals surface area (Å²) in [6, 6.07) is 10.8. The number of sulfonamides is 1. The molecule has 3 rings (SSSR count). The third kappa shape index (κ3) is 3.97. The summed E-state index contributed by atoms with van der Waals surface area (Å²) in [7, 11) is -1.32. The number of nitrogens with zero attached hydrogens (tertiary/aromatic N) is 5. The Morgan fingerprint density at radius 2 is 1.75 bits per heavy atom. The molecule has 0 amide bonds. The van der Waals surface area contributed by atoms with Crippen LogP contribution in [-0.2, 0) is 23.2 Å². The van der Waals surface area contributed by atoms with Crippen molar-refractivity contribution in [3.05, 3.63) is 54.1 Å². The van der Waals surface area contributed by atoms with E-state index in [2.05, 4.69) is 20.2 Å². The second kappa shape index (κ2) is 7.20. The minimum absolute atomic E-state index is 0.0343. The number of tetrazole rings is 1. The highest BCUT2D eigenvalue weighted by atomic mass is 32.2. The molecule has 0 unspecified atom stereocenters. The zero-order valence-electron chi connectivity index (χ0n) is 14.7. The lowest BCUT2D eigenvalue weighted by molar-refractivity contribution is -0.137. The molecule has 0 fully saturated rings. The molecular formula is C16H15F3N6O2S. The Hall–Kier alpha value is -2.99. The number of anilines is 1. The Bertz CT molecular complexity index is 1080. The third-order valence-corrected chi connectivity index (χ3v) is 5.16. The summed E-state index contributed by atoms with van der Waals surface area (Å²) in [6.07, 6.45) is -4.70. The van der Waals surface area contributed by atoms with Gasteiger partial charge >= 0.3 is 6.18 Å². The molecule has 1 N–H and O–H groups in total. The number of rotatable bonds is 5. The van der Waals surface area contributed by atoms with Gasteiger partial charge in [-0.1, -0.05) is 24.3 Å². The number of aromatic nitrogens is 4. The number of hydrogen-bond donors (Lipinski definition) is 1. The standard InChI is InChI=1S/C16H15F3N6O2S/c1-24(23-28(26,27)11-7-4-3-5-8-11)13-10-6-9-12(16(17,18)19)14(13)15-20-22-25(2)21-15/h3-10,23H,1-2H3. The fourth-order valence-electron chi connectivity index (χ4n) is 2.56. The van der Waals surface area contributed by atoms with Crippen molar-refractivity contribution in [1.29, 1.82) is 0 Å². The van der Waals surface area contributed by atoms with Crippen LogP contribution in [0.4, 0.5) is 18.9 Å². The van der Waals surface area contributed by atoms with Gasteiger partial charge in [-0.2, -0.15) is 18.0 Å². The summed E-state index contributed by atoms with van der Waals surface area (Å²) in [5.74, 6) is -0.281. The van der Waals surface area contributed by atoms with E-state index in [0.29, 0.717) is 0 Å². The minimum atomic E-state index is -4.70. The summed E-state index contributed by atoms with van der Waals surface area (Å²) in [4.78, 5) is 3.22. The van der Waals surface area contributed by atoms with Crippen molar-refractivity contribution in [2.45, 2.75) is 11.1 Å². The van der Waals surface area contributed by atoms with Gasteiger partial charge in [-0.25, -0.2) is 8.42 Å². The Morgan fingerprint density at radius 1 is 1.07 bits per heavy atom. The average molecular weight is 412 g/mol. The molecule has 8 nitrogen and oxygen atoms in total. The molecule has 0 aliphatic carbocycles. The van der Waals surface area contributed by atoms with E-state index in [4.69, 9.17) is 0 Å². The van der Waals surface area contributed by atoms with Crippen LogP contribution < -0.4 is 9.84 Å². The third-order valence-electron chi connectivity index (χ3n) is 3.75. The van der Waals surface area contributed by atoms with Gasteiger partial charge in [0.15, 0.2) is 0 Å². The van der Waals surface area contributed by atoms with Gasteiger partial charge in [0.1, 0.15) is 0 Å². The van der Waals surface area contributed by atoms with Crippen molar-refractivity contribution in [3.8, 4) is 11.4 Å². The van der Waals surface area contributed by atoms with E-state index in [9.17, 15) is 21.6 Å². The number of hydrogen-bond acceptors (Lipinski definition) is 6. The van der Waals surface area contributed by atoms with Crippen LogP contribution in [-0.4, -0.2) is 35.7 Å². The number of hydrazine groups is 1. The number of aryl methyl sites for hydroxylation is 1. The largest absolute Gasteiger partial charge is 0.417 e. The van der Waals surface area contributed by atoms with Crippen LogP contribution in [0.3, 0.4) is 0 Å². The average Bonchev–Trinajstić information content (AvgIpc) is 3.07. The van der Waals surface area contributed by atoms with Crippen molar-refractivity contribution in [2.24, 2.45) is 7.05 Å². The molecule has 0 aliphatic rings. The van der Waals surface area contributed by atoms with E-state index in [1.165, 1.54) is 50.5 Å². The first-order valence-electron chi connectivity index (χ1n) is 7.85. The van der Waals surface area contributed by atoms with Crippen molar-refractivity contribution < 1.29 is 21.6 Å². The van der Waals surface area contributed by atoms with Crippen molar-refractivity contribution in [1.82, 2.24) is 25.0 Å². The molecule has 1 heterocycles. The van der Waals surface area contributed by atoms with E-state index in [1.807, 2.05) is 0 Å². The van der Waals surface area contributed by atoms with E-state index in [-0.39, 0.29) is 22.0 Å². The Balaban J connectivity index is 2.09. The Kier molecular flexibility index (Phi) is 5.08. The summed E-state index contributed by atoms with van der Waals surface area (Å²) in [5, 5.41) is 12.0. The Morgan fingerprint density at radius 3 is 2.32 bits per heavy atom. The molecule has 2 aromatic carbocycles. The summed E-state index contributed by atoms with van der Waals surface area (Å²) in [6.45, 7) is 0. The second-order valence-electron chi connectivity index (χ2n) is 5.77. The minimum Gasteiger partial charge on any atom is -0.297 e. The highest BCUT2D eigenvalue weighted by molar-refractivity contribution is 7.89. The van der Waals surface area contributed by atoms with E-state index in [1.54, 1.807) is 6.07 Å². The molecule has 0 radical (unpaired) electrons. The number of alkyl halides is 3. The molecule has 0 bridgehead atoms. The monoisotopic (exact) mass is 412 g/mol. The highest BCUT2D eigenvalue weighted by Crippen LogP contribution is 2.40. The van der Waals surface area contributed by atoms with Gasteiger partial charge in [-0.15, -0.1) is 15.0 Å². The van der Waals surface area contributed by atoms with Crippen molar-refractivity contribution in [3.63, 3.8) is 0 Å². The topological polar surface area (TPSA) is 93.0 Å². The highest BCUT2D eigenvalue weighted by Gasteiger charge is 2.37. The van der Waals surface area contributed by atoms with E-state index < -0.39 is 21.8 Å². The molecule has 3 aromatic rings. The van der Waals surface area contributed by atoms with Gasteiger partial charge in [-0.3, -0.25) is 5.01 Å². The lowest BCUT2D eigenvalue weighted by Crippen LogP contribution is -2.39. The van der Waals surface area contributed by atoms with Gasteiger partial charge in [0.25, 0.3) is 10.0 Å². The fraction of sp³-hybridized carbons (Fsp3) is 0.188. The molecule has 12 heteroatoms. The molecule has 0 spiro atoms. The van der Waals surface area contributed by atoms with Gasteiger partial charge in [-0.05, 0) is 29.5 Å². The summed E-state index contributed by atoms with van der Waals surface area (Å²) >= 11 is 0. The van der Waals surface area contributed by atoms with Gasteiger partial charge < -0.3 is 0 Å². The molecule has 1 aromatic heterocycles.